The van der Waals surface area contributed by atoms with Crippen LogP contribution in [-0.2, 0) is 7.05 Å². The Labute approximate surface area is 115 Å². The molecule has 5 nitrogen and oxygen atoms in total. The van der Waals surface area contributed by atoms with Gasteiger partial charge in [0.15, 0.2) is 5.16 Å². The second-order valence-electron chi connectivity index (χ2n) is 4.23. The molecule has 0 spiro atoms. The van der Waals surface area contributed by atoms with Crippen LogP contribution in [0.4, 0.5) is 0 Å². The van der Waals surface area contributed by atoms with E-state index in [2.05, 4.69) is 20.2 Å². The van der Waals surface area contributed by atoms with E-state index in [4.69, 9.17) is 11.6 Å². The highest BCUT2D eigenvalue weighted by Gasteiger charge is 2.11. The zero-order valence-electron chi connectivity index (χ0n) is 10.7. The number of rotatable bonds is 3. The summed E-state index contributed by atoms with van der Waals surface area (Å²) >= 11 is 7.43. The zero-order chi connectivity index (χ0) is 13.3. The number of hydrogen-bond donors (Lipinski definition) is 0. The number of aryl methyl sites for hydroxylation is 1. The third-order valence-corrected chi connectivity index (χ3v) is 3.60. The quantitative estimate of drug-likeness (QED) is 0.811. The smallest absolute Gasteiger partial charge is 0.197 e. The summed E-state index contributed by atoms with van der Waals surface area (Å²) in [5.74, 6) is 1.84. The predicted octanol–water partition coefficient (Wildman–Crippen LogP) is 2.84. The molecule has 2 heterocycles. The van der Waals surface area contributed by atoms with E-state index >= 15 is 0 Å². The van der Waals surface area contributed by atoms with Crippen LogP contribution in [0, 0.1) is 6.92 Å². The summed E-state index contributed by atoms with van der Waals surface area (Å²) < 4.78 is 1.91. The Morgan fingerprint density at radius 3 is 2.56 bits per heavy atom. The Morgan fingerprint density at radius 1 is 1.28 bits per heavy atom. The molecule has 0 saturated heterocycles. The molecular formula is C11H14ClN5S. The molecule has 0 fully saturated rings. The molecule has 0 radical (unpaired) electrons. The second-order valence-corrected chi connectivity index (χ2v) is 5.61. The first kappa shape index (κ1) is 13.3. The first-order valence-electron chi connectivity index (χ1n) is 5.55. The van der Waals surface area contributed by atoms with Gasteiger partial charge in [-0.25, -0.2) is 9.97 Å². The fourth-order valence-electron chi connectivity index (χ4n) is 1.29. The summed E-state index contributed by atoms with van der Waals surface area (Å²) in [5.41, 5.74) is 0. The number of aromatic nitrogens is 5. The van der Waals surface area contributed by atoms with Crippen molar-refractivity contribution in [2.24, 2.45) is 7.05 Å². The number of nitrogens with zero attached hydrogens (tertiary/aromatic N) is 5. The molecule has 0 aliphatic carbocycles. The molecule has 0 bridgehead atoms. The van der Waals surface area contributed by atoms with Crippen LogP contribution < -0.4 is 0 Å². The number of halogens is 1. The van der Waals surface area contributed by atoms with Gasteiger partial charge in [0.1, 0.15) is 21.8 Å². The number of hydrogen-bond acceptors (Lipinski definition) is 5. The first-order valence-corrected chi connectivity index (χ1v) is 6.75. The van der Waals surface area contributed by atoms with Crippen molar-refractivity contribution in [3.63, 3.8) is 0 Å². The molecule has 18 heavy (non-hydrogen) atoms. The van der Waals surface area contributed by atoms with Crippen molar-refractivity contribution >= 4 is 23.4 Å². The van der Waals surface area contributed by atoms with E-state index in [1.54, 1.807) is 6.07 Å². The SMILES string of the molecule is Cc1nnc(Sc2cc(Cl)nc(C(C)C)n2)n1C. The van der Waals surface area contributed by atoms with Crippen molar-refractivity contribution in [2.75, 3.05) is 0 Å². The molecule has 0 N–H and O–H groups in total. The molecule has 0 unspecified atom stereocenters. The summed E-state index contributed by atoms with van der Waals surface area (Å²) in [4.78, 5) is 8.67. The topological polar surface area (TPSA) is 56.5 Å². The molecule has 2 aromatic heterocycles. The highest BCUT2D eigenvalue weighted by Crippen LogP contribution is 2.27. The van der Waals surface area contributed by atoms with E-state index in [0.717, 1.165) is 21.8 Å². The van der Waals surface area contributed by atoms with Crippen molar-refractivity contribution in [2.45, 2.75) is 36.9 Å². The van der Waals surface area contributed by atoms with Gasteiger partial charge in [-0.1, -0.05) is 25.4 Å². The van der Waals surface area contributed by atoms with Crippen LogP contribution in [0.2, 0.25) is 5.15 Å². The highest BCUT2D eigenvalue weighted by atomic mass is 35.5. The summed E-state index contributed by atoms with van der Waals surface area (Å²) in [7, 11) is 1.92. The van der Waals surface area contributed by atoms with Crippen LogP contribution in [0.3, 0.4) is 0 Å². The van der Waals surface area contributed by atoms with Gasteiger partial charge in [-0.3, -0.25) is 0 Å². The first-order chi connectivity index (χ1) is 8.47. The normalized spacial score (nSPS) is 11.2. The van der Waals surface area contributed by atoms with Crippen LogP contribution in [-0.4, -0.2) is 24.7 Å². The standard InChI is InChI=1S/C11H14ClN5S/c1-6(2)10-13-8(12)5-9(14-10)18-11-16-15-7(3)17(11)4/h5-6H,1-4H3. The van der Waals surface area contributed by atoms with Crippen LogP contribution >= 0.6 is 23.4 Å². The third-order valence-electron chi connectivity index (χ3n) is 2.45. The molecule has 0 aliphatic rings. The minimum Gasteiger partial charge on any atom is -0.309 e. The maximum Gasteiger partial charge on any atom is 0.197 e. The van der Waals surface area contributed by atoms with Crippen LogP contribution in [0.5, 0.6) is 0 Å². The van der Waals surface area contributed by atoms with Crippen molar-refractivity contribution in [1.82, 2.24) is 24.7 Å². The van der Waals surface area contributed by atoms with E-state index in [9.17, 15) is 0 Å². The predicted molar refractivity (Wildman–Crippen MR) is 71.0 cm³/mol. The largest absolute Gasteiger partial charge is 0.309 e. The van der Waals surface area contributed by atoms with E-state index in [1.165, 1.54) is 11.8 Å². The molecule has 2 aromatic rings. The molecule has 0 saturated carbocycles. The van der Waals surface area contributed by atoms with Gasteiger partial charge < -0.3 is 4.57 Å². The Morgan fingerprint density at radius 2 is 2.00 bits per heavy atom. The highest BCUT2D eigenvalue weighted by molar-refractivity contribution is 7.99. The van der Waals surface area contributed by atoms with Gasteiger partial charge in [0, 0.05) is 19.0 Å². The van der Waals surface area contributed by atoms with Crippen LogP contribution in [0.15, 0.2) is 16.2 Å². The molecule has 0 atom stereocenters. The van der Waals surface area contributed by atoms with Gasteiger partial charge in [-0.2, -0.15) is 0 Å². The van der Waals surface area contributed by atoms with Crippen molar-refractivity contribution in [1.29, 1.82) is 0 Å². The lowest BCUT2D eigenvalue weighted by molar-refractivity contribution is 0.745. The summed E-state index contributed by atoms with van der Waals surface area (Å²) in [6, 6.07) is 1.74. The molecule has 0 amide bonds. The van der Waals surface area contributed by atoms with Crippen molar-refractivity contribution < 1.29 is 0 Å². The van der Waals surface area contributed by atoms with E-state index in [1.807, 2.05) is 32.4 Å². The lowest BCUT2D eigenvalue weighted by Crippen LogP contribution is -2.00. The summed E-state index contributed by atoms with van der Waals surface area (Å²) in [5, 5.41) is 10.1. The maximum absolute atomic E-state index is 6.00. The fraction of sp³-hybridized carbons (Fsp3) is 0.455. The summed E-state index contributed by atoms with van der Waals surface area (Å²) in [6.07, 6.45) is 0. The molecule has 2 rings (SSSR count). The molecule has 0 aromatic carbocycles. The van der Waals surface area contributed by atoms with Gasteiger partial charge in [0.05, 0.1) is 0 Å². The lowest BCUT2D eigenvalue weighted by atomic mass is 10.2. The molecule has 96 valence electrons. The monoisotopic (exact) mass is 283 g/mol. The lowest BCUT2D eigenvalue weighted by Gasteiger charge is -2.06. The second kappa shape index (κ2) is 5.24. The molecular weight excluding hydrogens is 270 g/mol. The zero-order valence-corrected chi connectivity index (χ0v) is 12.2. The van der Waals surface area contributed by atoms with Crippen molar-refractivity contribution in [3.8, 4) is 0 Å². The van der Waals surface area contributed by atoms with Gasteiger partial charge in [0.2, 0.25) is 0 Å². The van der Waals surface area contributed by atoms with Gasteiger partial charge >= 0.3 is 0 Å². The average Bonchev–Trinajstić information content (AvgIpc) is 2.60. The van der Waals surface area contributed by atoms with Gasteiger partial charge in [0.25, 0.3) is 0 Å². The van der Waals surface area contributed by atoms with Gasteiger partial charge in [-0.15, -0.1) is 10.2 Å². The van der Waals surface area contributed by atoms with E-state index in [-0.39, 0.29) is 5.92 Å². The molecule has 7 heteroatoms. The maximum atomic E-state index is 6.00. The van der Waals surface area contributed by atoms with E-state index in [0.29, 0.717) is 5.15 Å². The Balaban J connectivity index is 2.32. The Bertz CT molecular complexity index is 567. The van der Waals surface area contributed by atoms with Crippen molar-refractivity contribution in [3.05, 3.63) is 22.9 Å². The van der Waals surface area contributed by atoms with E-state index < -0.39 is 0 Å². The average molecular weight is 284 g/mol. The fourth-order valence-corrected chi connectivity index (χ4v) is 2.40. The summed E-state index contributed by atoms with van der Waals surface area (Å²) in [6.45, 7) is 5.97. The molecule has 0 aliphatic heterocycles. The minimum atomic E-state index is 0.240. The third kappa shape index (κ3) is 2.81. The van der Waals surface area contributed by atoms with Crippen LogP contribution in [0.25, 0.3) is 0 Å². The van der Waals surface area contributed by atoms with Crippen LogP contribution in [0.1, 0.15) is 31.4 Å². The Hall–Kier alpha value is -1.14. The Kier molecular flexibility index (Phi) is 3.87. The minimum absolute atomic E-state index is 0.240. The van der Waals surface area contributed by atoms with Gasteiger partial charge in [-0.05, 0) is 18.7 Å².